The van der Waals surface area contributed by atoms with Crippen LogP contribution >= 0.6 is 15.9 Å². The molecule has 5 fully saturated rings. The Morgan fingerprint density at radius 2 is 1.78 bits per heavy atom. The number of piperazine rings is 1. The molecule has 170 valence electrons. The van der Waals surface area contributed by atoms with E-state index >= 15 is 0 Å². The molecule has 4 aliphatic carbocycles. The van der Waals surface area contributed by atoms with Crippen LogP contribution in [0.4, 0.5) is 0 Å². The van der Waals surface area contributed by atoms with Crippen molar-refractivity contribution in [2.75, 3.05) is 26.2 Å². The van der Waals surface area contributed by atoms with Crippen molar-refractivity contribution in [2.45, 2.75) is 56.3 Å². The highest BCUT2D eigenvalue weighted by molar-refractivity contribution is 9.10. The second kappa shape index (κ2) is 7.66. The Bertz CT molecular complexity index is 997. The van der Waals surface area contributed by atoms with Crippen LogP contribution in [-0.4, -0.2) is 56.4 Å². The summed E-state index contributed by atoms with van der Waals surface area (Å²) in [4.78, 5) is 22.7. The minimum atomic E-state index is -0.106. The topological polar surface area (TPSA) is 62.5 Å². The van der Waals surface area contributed by atoms with Gasteiger partial charge in [-0.05, 0) is 57.3 Å². The average Bonchev–Trinajstić information content (AvgIpc) is 3.21. The van der Waals surface area contributed by atoms with E-state index in [9.17, 15) is 4.79 Å². The van der Waals surface area contributed by atoms with Gasteiger partial charge in [0, 0.05) is 36.1 Å². The molecule has 2 heterocycles. The molecular weight excluding hydrogens is 468 g/mol. The van der Waals surface area contributed by atoms with Crippen molar-refractivity contribution in [2.24, 2.45) is 17.3 Å². The summed E-state index contributed by atoms with van der Waals surface area (Å²) in [5.41, 5.74) is 2.08. The smallest absolute Gasteiger partial charge is 0.241 e. The third-order valence-electron chi connectivity index (χ3n) is 8.24. The first-order chi connectivity index (χ1) is 15.4. The number of carbonyl (C=O) groups excluding carboxylic acids is 1. The largest absolute Gasteiger partial charge is 0.340 e. The number of hydrogen-bond acceptors (Lipinski definition) is 5. The Morgan fingerprint density at radius 3 is 2.44 bits per heavy atom. The summed E-state index contributed by atoms with van der Waals surface area (Å²) in [6.07, 6.45) is 7.13. The molecule has 7 heteroatoms. The van der Waals surface area contributed by atoms with Crippen molar-refractivity contribution >= 4 is 21.8 Å². The van der Waals surface area contributed by atoms with E-state index in [2.05, 4.69) is 54.9 Å². The molecule has 1 aliphatic heterocycles. The van der Waals surface area contributed by atoms with Crippen LogP contribution in [0.15, 0.2) is 28.8 Å². The fraction of sp³-hybridized carbons (Fsp3) is 0.640. The molecule has 0 radical (unpaired) electrons. The van der Waals surface area contributed by atoms with Gasteiger partial charge < -0.3 is 9.42 Å². The van der Waals surface area contributed by atoms with E-state index in [1.807, 2.05) is 12.1 Å². The lowest BCUT2D eigenvalue weighted by atomic mass is 9.49. The molecule has 2 atom stereocenters. The first-order valence-corrected chi connectivity index (χ1v) is 12.8. The molecule has 6 nitrogen and oxygen atoms in total. The van der Waals surface area contributed by atoms with Crippen molar-refractivity contribution in [3.05, 3.63) is 35.7 Å². The van der Waals surface area contributed by atoms with Crippen LogP contribution in [-0.2, 0) is 11.3 Å². The maximum atomic E-state index is 13.7. The van der Waals surface area contributed by atoms with Gasteiger partial charge in [0.05, 0.1) is 12.0 Å². The summed E-state index contributed by atoms with van der Waals surface area (Å²) in [5, 5.41) is 4.16. The highest BCUT2D eigenvalue weighted by atomic mass is 79.9. The Balaban J connectivity index is 1.07. The van der Waals surface area contributed by atoms with Gasteiger partial charge >= 0.3 is 0 Å². The summed E-state index contributed by atoms with van der Waals surface area (Å²) < 4.78 is 5.74. The average molecular weight is 499 g/mol. The van der Waals surface area contributed by atoms with Crippen molar-refractivity contribution < 1.29 is 9.32 Å². The molecule has 32 heavy (non-hydrogen) atoms. The fourth-order valence-corrected chi connectivity index (χ4v) is 8.63. The van der Waals surface area contributed by atoms with Gasteiger partial charge in [-0.3, -0.25) is 9.69 Å². The summed E-state index contributed by atoms with van der Waals surface area (Å²) in [6, 6.07) is 8.16. The number of aromatic nitrogens is 2. The summed E-state index contributed by atoms with van der Waals surface area (Å²) in [7, 11) is 0. The number of benzene rings is 1. The van der Waals surface area contributed by atoms with E-state index in [4.69, 9.17) is 4.52 Å². The van der Waals surface area contributed by atoms with Gasteiger partial charge in [0.1, 0.15) is 0 Å². The van der Waals surface area contributed by atoms with E-state index in [0.29, 0.717) is 24.2 Å². The molecule has 0 N–H and O–H groups in total. The zero-order valence-corrected chi connectivity index (χ0v) is 20.3. The number of aryl methyl sites for hydroxylation is 1. The molecule has 0 spiro atoms. The zero-order valence-electron chi connectivity index (χ0n) is 18.7. The molecule has 1 amide bonds. The Morgan fingerprint density at radius 1 is 1.09 bits per heavy atom. The SMILES string of the molecule is Cc1ccc(-c2noc(CN3CCN(C(=O)C45CC6CC(CC(Br)(C6)C4)C5)CC3)n2)cc1. The lowest BCUT2D eigenvalue weighted by Gasteiger charge is -2.60. The number of carbonyl (C=O) groups is 1. The first-order valence-electron chi connectivity index (χ1n) is 12.0. The lowest BCUT2D eigenvalue weighted by molar-refractivity contribution is -0.157. The van der Waals surface area contributed by atoms with E-state index in [0.717, 1.165) is 62.8 Å². The van der Waals surface area contributed by atoms with Crippen LogP contribution in [0.5, 0.6) is 0 Å². The molecule has 4 saturated carbocycles. The molecule has 1 saturated heterocycles. The fourth-order valence-electron chi connectivity index (χ4n) is 7.18. The zero-order chi connectivity index (χ0) is 21.9. The molecule has 1 aromatic heterocycles. The maximum absolute atomic E-state index is 13.7. The summed E-state index contributed by atoms with van der Waals surface area (Å²) in [5.74, 6) is 3.18. The normalized spacial score (nSPS) is 34.2. The number of hydrogen-bond donors (Lipinski definition) is 0. The predicted molar refractivity (Wildman–Crippen MR) is 125 cm³/mol. The molecule has 2 unspecified atom stereocenters. The van der Waals surface area contributed by atoms with E-state index in [1.54, 1.807) is 0 Å². The Hall–Kier alpha value is -1.73. The number of rotatable bonds is 4. The van der Waals surface area contributed by atoms with Crippen molar-refractivity contribution in [3.63, 3.8) is 0 Å². The number of nitrogens with zero attached hydrogens (tertiary/aromatic N) is 4. The second-order valence-electron chi connectivity index (χ2n) is 10.8. The van der Waals surface area contributed by atoms with Crippen LogP contribution in [0.2, 0.25) is 0 Å². The predicted octanol–water partition coefficient (Wildman–Crippen LogP) is 4.42. The summed E-state index contributed by atoms with van der Waals surface area (Å²) in [6.45, 7) is 6.01. The maximum Gasteiger partial charge on any atom is 0.241 e. The quantitative estimate of drug-likeness (QED) is 0.583. The van der Waals surface area contributed by atoms with Crippen LogP contribution in [0.25, 0.3) is 11.4 Å². The minimum Gasteiger partial charge on any atom is -0.340 e. The molecule has 2 aromatic rings. The molecule has 5 aliphatic rings. The first kappa shape index (κ1) is 20.8. The van der Waals surface area contributed by atoms with Crippen LogP contribution in [0, 0.1) is 24.2 Å². The van der Waals surface area contributed by atoms with Crippen molar-refractivity contribution in [1.82, 2.24) is 19.9 Å². The minimum absolute atomic E-state index is 0.106. The molecule has 7 rings (SSSR count). The van der Waals surface area contributed by atoms with Gasteiger partial charge in [-0.25, -0.2) is 0 Å². The standard InChI is InChI=1S/C25H31BrN4O2/c1-17-2-4-20(5-3-17)22-27-21(32-28-22)15-29-6-8-30(9-7-29)23(31)24-11-18-10-19(12-24)14-25(26,13-18)16-24/h2-5,18-19H,6-16H2,1H3. The Kier molecular flexibility index (Phi) is 4.99. The molecule has 1 aromatic carbocycles. The molecule has 4 bridgehead atoms. The number of amides is 1. The highest BCUT2D eigenvalue weighted by Gasteiger charge is 2.60. The third-order valence-corrected chi connectivity index (χ3v) is 9.17. The van der Waals surface area contributed by atoms with Gasteiger partial charge in [0.15, 0.2) is 0 Å². The van der Waals surface area contributed by atoms with Crippen LogP contribution in [0.1, 0.15) is 50.0 Å². The van der Waals surface area contributed by atoms with Gasteiger partial charge in [-0.1, -0.05) is 50.9 Å². The van der Waals surface area contributed by atoms with Crippen molar-refractivity contribution in [1.29, 1.82) is 0 Å². The van der Waals surface area contributed by atoms with E-state index in [-0.39, 0.29) is 9.74 Å². The monoisotopic (exact) mass is 498 g/mol. The van der Waals surface area contributed by atoms with Crippen molar-refractivity contribution in [3.8, 4) is 11.4 Å². The van der Waals surface area contributed by atoms with Crippen LogP contribution in [0.3, 0.4) is 0 Å². The second-order valence-corrected chi connectivity index (χ2v) is 12.5. The highest BCUT2D eigenvalue weighted by Crippen LogP contribution is 2.64. The lowest BCUT2D eigenvalue weighted by Crippen LogP contribution is -2.61. The number of halogens is 1. The van der Waals surface area contributed by atoms with Gasteiger partial charge in [-0.15, -0.1) is 0 Å². The summed E-state index contributed by atoms with van der Waals surface area (Å²) >= 11 is 4.05. The van der Waals surface area contributed by atoms with E-state index < -0.39 is 0 Å². The number of alkyl halides is 1. The Labute approximate surface area is 197 Å². The van der Waals surface area contributed by atoms with Gasteiger partial charge in [-0.2, -0.15) is 4.98 Å². The van der Waals surface area contributed by atoms with Gasteiger partial charge in [0.2, 0.25) is 17.6 Å². The third kappa shape index (κ3) is 3.71. The molecular formula is C25H31BrN4O2. The van der Waals surface area contributed by atoms with Gasteiger partial charge in [0.25, 0.3) is 0 Å². The van der Waals surface area contributed by atoms with Crippen LogP contribution < -0.4 is 0 Å². The van der Waals surface area contributed by atoms with E-state index in [1.165, 1.54) is 24.8 Å².